The summed E-state index contributed by atoms with van der Waals surface area (Å²) in [5, 5.41) is 0. The highest BCUT2D eigenvalue weighted by molar-refractivity contribution is 6.04. The number of benzene rings is 1. The Hall–Kier alpha value is -3.02. The van der Waals surface area contributed by atoms with E-state index in [4.69, 9.17) is 0 Å². The van der Waals surface area contributed by atoms with Gasteiger partial charge in [-0.15, -0.1) is 13.2 Å². The number of carbonyl (C=O) groups is 4. The maximum atomic E-state index is 12.4. The lowest BCUT2D eigenvalue weighted by Crippen LogP contribution is -2.31. The van der Waals surface area contributed by atoms with E-state index in [9.17, 15) is 19.2 Å². The highest BCUT2D eigenvalue weighted by atomic mass is 16.2. The summed E-state index contributed by atoms with van der Waals surface area (Å²) < 4.78 is 0. The molecule has 2 saturated heterocycles. The van der Waals surface area contributed by atoms with Crippen LogP contribution in [0.15, 0.2) is 49.6 Å². The number of carbonyl (C=O) groups excluding carboxylic acids is 4. The van der Waals surface area contributed by atoms with Crippen LogP contribution in [0.2, 0.25) is 0 Å². The van der Waals surface area contributed by atoms with Crippen LogP contribution in [0.1, 0.15) is 36.8 Å². The lowest BCUT2D eigenvalue weighted by Gasteiger charge is -2.17. The van der Waals surface area contributed by atoms with E-state index in [-0.39, 0.29) is 61.4 Å². The zero-order chi connectivity index (χ0) is 20.3. The average molecular weight is 380 g/mol. The normalized spacial score (nSPS) is 22.3. The monoisotopic (exact) mass is 380 g/mol. The van der Waals surface area contributed by atoms with Gasteiger partial charge >= 0.3 is 0 Å². The summed E-state index contributed by atoms with van der Waals surface area (Å²) in [5.74, 6) is -1.36. The van der Waals surface area contributed by atoms with E-state index in [1.807, 2.05) is 24.3 Å². The molecule has 0 N–H and O–H groups in total. The lowest BCUT2D eigenvalue weighted by molar-refractivity contribution is -0.141. The van der Waals surface area contributed by atoms with Crippen molar-refractivity contribution in [3.8, 4) is 0 Å². The highest BCUT2D eigenvalue weighted by Gasteiger charge is 2.38. The van der Waals surface area contributed by atoms with Gasteiger partial charge in [0, 0.05) is 12.8 Å². The fourth-order valence-corrected chi connectivity index (χ4v) is 3.80. The van der Waals surface area contributed by atoms with Gasteiger partial charge in [0.05, 0.1) is 24.9 Å². The van der Waals surface area contributed by atoms with Crippen LogP contribution >= 0.6 is 0 Å². The van der Waals surface area contributed by atoms with Crippen LogP contribution in [0.3, 0.4) is 0 Å². The Morgan fingerprint density at radius 2 is 1.25 bits per heavy atom. The number of likely N-dealkylation sites (tertiary alicyclic amines) is 2. The van der Waals surface area contributed by atoms with Crippen molar-refractivity contribution in [1.82, 2.24) is 9.80 Å². The largest absolute Gasteiger partial charge is 0.278 e. The first-order valence-corrected chi connectivity index (χ1v) is 9.42. The van der Waals surface area contributed by atoms with Crippen molar-refractivity contribution in [2.75, 3.05) is 0 Å². The predicted octanol–water partition coefficient (Wildman–Crippen LogP) is 2.59. The van der Waals surface area contributed by atoms with E-state index in [1.165, 1.54) is 9.80 Å². The van der Waals surface area contributed by atoms with Gasteiger partial charge in [-0.25, -0.2) is 0 Å². The summed E-state index contributed by atoms with van der Waals surface area (Å²) in [4.78, 5) is 51.7. The van der Waals surface area contributed by atoms with Gasteiger partial charge in [0.1, 0.15) is 0 Å². The van der Waals surface area contributed by atoms with E-state index < -0.39 is 0 Å². The van der Waals surface area contributed by atoms with Gasteiger partial charge < -0.3 is 0 Å². The van der Waals surface area contributed by atoms with Crippen LogP contribution in [-0.2, 0) is 32.3 Å². The lowest BCUT2D eigenvalue weighted by atomic mass is 10.0. The molecule has 6 heteroatoms. The van der Waals surface area contributed by atoms with Gasteiger partial charge in [-0.05, 0) is 24.0 Å². The van der Waals surface area contributed by atoms with Crippen molar-refractivity contribution >= 4 is 23.6 Å². The molecule has 0 saturated carbocycles. The molecule has 6 nitrogen and oxygen atoms in total. The van der Waals surface area contributed by atoms with Crippen molar-refractivity contribution in [3.63, 3.8) is 0 Å². The number of hydrogen-bond donors (Lipinski definition) is 0. The first-order valence-electron chi connectivity index (χ1n) is 9.42. The molecule has 3 rings (SSSR count). The van der Waals surface area contributed by atoms with Gasteiger partial charge in [0.15, 0.2) is 0 Å². The number of imide groups is 2. The van der Waals surface area contributed by atoms with E-state index >= 15 is 0 Å². The maximum absolute atomic E-state index is 12.4. The van der Waals surface area contributed by atoms with Gasteiger partial charge in [-0.2, -0.15) is 0 Å². The molecule has 2 unspecified atom stereocenters. The maximum Gasteiger partial charge on any atom is 0.233 e. The third-order valence-corrected chi connectivity index (χ3v) is 5.25. The molecule has 146 valence electrons. The van der Waals surface area contributed by atoms with Gasteiger partial charge in [-0.3, -0.25) is 29.0 Å². The minimum atomic E-state index is -0.324. The third kappa shape index (κ3) is 3.96. The molecule has 0 bridgehead atoms. The molecule has 1 aromatic carbocycles. The van der Waals surface area contributed by atoms with Crippen LogP contribution in [0.5, 0.6) is 0 Å². The summed E-state index contributed by atoms with van der Waals surface area (Å²) in [7, 11) is 0. The summed E-state index contributed by atoms with van der Waals surface area (Å²) in [6.45, 7) is 7.66. The fourth-order valence-electron chi connectivity index (χ4n) is 3.80. The van der Waals surface area contributed by atoms with Crippen molar-refractivity contribution in [3.05, 3.63) is 60.7 Å². The van der Waals surface area contributed by atoms with Gasteiger partial charge in [-0.1, -0.05) is 36.4 Å². The van der Waals surface area contributed by atoms with Crippen LogP contribution < -0.4 is 0 Å². The second-order valence-corrected chi connectivity index (χ2v) is 7.31. The first kappa shape index (κ1) is 19.7. The topological polar surface area (TPSA) is 74.8 Å². The smallest absolute Gasteiger partial charge is 0.233 e. The number of nitrogens with zero attached hydrogens (tertiary/aromatic N) is 2. The minimum absolute atomic E-state index is 0.174. The molecule has 2 atom stereocenters. The van der Waals surface area contributed by atoms with Crippen LogP contribution in [0.4, 0.5) is 0 Å². The second kappa shape index (κ2) is 8.33. The summed E-state index contributed by atoms with van der Waals surface area (Å²) in [5.41, 5.74) is 1.58. The van der Waals surface area contributed by atoms with Crippen molar-refractivity contribution in [2.24, 2.45) is 11.8 Å². The number of rotatable bonds is 8. The van der Waals surface area contributed by atoms with Crippen molar-refractivity contribution < 1.29 is 19.2 Å². The Kier molecular flexibility index (Phi) is 5.87. The first-order chi connectivity index (χ1) is 13.4. The Morgan fingerprint density at radius 3 is 1.64 bits per heavy atom. The number of hydrogen-bond acceptors (Lipinski definition) is 4. The molecule has 0 radical (unpaired) electrons. The van der Waals surface area contributed by atoms with Crippen LogP contribution in [0.25, 0.3) is 0 Å². The summed E-state index contributed by atoms with van der Waals surface area (Å²) in [6, 6.07) is 7.31. The third-order valence-electron chi connectivity index (χ3n) is 5.25. The van der Waals surface area contributed by atoms with Gasteiger partial charge in [0.2, 0.25) is 23.6 Å². The minimum Gasteiger partial charge on any atom is -0.278 e. The molecule has 0 aromatic heterocycles. The SMILES string of the molecule is C=CCC1CC(=O)N(Cc2cccc(CN3C(=O)CC(CC=C)C3=O)c2)C1=O. The highest BCUT2D eigenvalue weighted by Crippen LogP contribution is 2.27. The summed E-state index contributed by atoms with van der Waals surface area (Å²) >= 11 is 0. The zero-order valence-electron chi connectivity index (χ0n) is 15.8. The molecule has 28 heavy (non-hydrogen) atoms. The van der Waals surface area contributed by atoms with Gasteiger partial charge in [0.25, 0.3) is 0 Å². The number of amides is 4. The predicted molar refractivity (Wildman–Crippen MR) is 103 cm³/mol. The van der Waals surface area contributed by atoms with Crippen molar-refractivity contribution in [2.45, 2.75) is 38.8 Å². The Morgan fingerprint density at radius 1 is 0.821 bits per heavy atom. The summed E-state index contributed by atoms with van der Waals surface area (Å²) in [6.07, 6.45) is 4.73. The molecule has 0 spiro atoms. The fraction of sp³-hybridized carbons (Fsp3) is 0.364. The molecule has 1 aromatic rings. The van der Waals surface area contributed by atoms with Crippen molar-refractivity contribution in [1.29, 1.82) is 0 Å². The molecule has 0 aliphatic carbocycles. The molecule has 2 aliphatic heterocycles. The number of allylic oxidation sites excluding steroid dienone is 2. The van der Waals surface area contributed by atoms with E-state index in [0.29, 0.717) is 12.8 Å². The zero-order valence-corrected chi connectivity index (χ0v) is 15.8. The molecular weight excluding hydrogens is 356 g/mol. The van der Waals surface area contributed by atoms with E-state index in [0.717, 1.165) is 11.1 Å². The van der Waals surface area contributed by atoms with E-state index in [2.05, 4.69) is 13.2 Å². The molecule has 2 aliphatic rings. The van der Waals surface area contributed by atoms with Crippen LogP contribution in [-0.4, -0.2) is 33.4 Å². The Labute approximate surface area is 164 Å². The molecule has 2 heterocycles. The molecule has 2 fully saturated rings. The van der Waals surface area contributed by atoms with E-state index in [1.54, 1.807) is 12.2 Å². The Balaban J connectivity index is 1.69. The molecule has 4 amide bonds. The molecular formula is C22H24N2O4. The second-order valence-electron chi connectivity index (χ2n) is 7.31. The van der Waals surface area contributed by atoms with Crippen LogP contribution in [0, 0.1) is 11.8 Å². The standard InChI is InChI=1S/C22H24N2O4/c1-3-6-17-11-19(25)23(21(17)27)13-15-8-5-9-16(10-15)14-24-20(26)12-18(7-4-2)22(24)28/h3-5,8-10,17-18H,1-2,6-7,11-14H2. The Bertz CT molecular complexity index is 779. The average Bonchev–Trinajstić information content (AvgIpc) is 3.07. The quantitative estimate of drug-likeness (QED) is 0.513.